The van der Waals surface area contributed by atoms with Crippen molar-refractivity contribution in [3.8, 4) is 12.1 Å². The van der Waals surface area contributed by atoms with Gasteiger partial charge in [0.2, 0.25) is 5.78 Å². The summed E-state index contributed by atoms with van der Waals surface area (Å²) in [5, 5.41) is 23.6. The highest BCUT2D eigenvalue weighted by molar-refractivity contribution is 6.16. The summed E-state index contributed by atoms with van der Waals surface area (Å²) >= 11 is 0. The molecule has 25 heavy (non-hydrogen) atoms. The van der Waals surface area contributed by atoms with Crippen LogP contribution in [-0.4, -0.2) is 16.9 Å². The minimum Gasteiger partial charge on any atom is -0.387 e. The number of allylic oxidation sites excluding steroid dienone is 2. The largest absolute Gasteiger partial charge is 0.387 e. The van der Waals surface area contributed by atoms with Gasteiger partial charge in [0.05, 0.1) is 27.9 Å². The first-order valence-electron chi connectivity index (χ1n) is 7.99. The van der Waals surface area contributed by atoms with Gasteiger partial charge in [0, 0.05) is 24.9 Å². The van der Waals surface area contributed by atoms with Gasteiger partial charge in [-0.1, -0.05) is 12.1 Å². The topological polar surface area (TPSA) is 81.6 Å². The molecule has 0 radical (unpaired) electrons. The number of hydrogen-bond acceptors (Lipinski definition) is 4. The molecule has 0 atom stereocenters. The van der Waals surface area contributed by atoms with Gasteiger partial charge in [0.1, 0.15) is 11.6 Å². The molecule has 1 N–H and O–H groups in total. The number of ketones is 1. The maximum atomic E-state index is 12.8. The Hall–Kier alpha value is -3.57. The predicted octanol–water partition coefficient (Wildman–Crippen LogP) is 0.855. The zero-order valence-electron chi connectivity index (χ0n) is 13.6. The lowest BCUT2D eigenvalue weighted by atomic mass is 9.90. The van der Waals surface area contributed by atoms with Crippen LogP contribution < -0.4 is 16.0 Å². The van der Waals surface area contributed by atoms with Crippen molar-refractivity contribution in [1.82, 2.24) is 9.88 Å². The second-order valence-electron chi connectivity index (χ2n) is 6.09. The average Bonchev–Trinajstić information content (AvgIpc) is 2.96. The van der Waals surface area contributed by atoms with Crippen molar-refractivity contribution in [2.75, 3.05) is 6.54 Å². The summed E-state index contributed by atoms with van der Waals surface area (Å²) in [5.41, 5.74) is 3.79. The zero-order chi connectivity index (χ0) is 17.6. The lowest BCUT2D eigenvalue weighted by molar-refractivity contribution is 0.103. The van der Waals surface area contributed by atoms with E-state index < -0.39 is 0 Å². The van der Waals surface area contributed by atoms with Crippen LogP contribution in [0.5, 0.6) is 0 Å². The molecular formula is C20H14N4O. The van der Waals surface area contributed by atoms with E-state index in [0.29, 0.717) is 11.1 Å². The molecule has 1 aromatic carbocycles. The predicted molar refractivity (Wildman–Crippen MR) is 92.6 cm³/mol. The normalized spacial score (nSPS) is 15.1. The van der Waals surface area contributed by atoms with Gasteiger partial charge in [-0.15, -0.1) is 0 Å². The number of aromatic nitrogens is 1. The molecule has 1 aromatic heterocycles. The van der Waals surface area contributed by atoms with E-state index in [0.717, 1.165) is 40.5 Å². The van der Waals surface area contributed by atoms with Crippen molar-refractivity contribution >= 4 is 17.6 Å². The van der Waals surface area contributed by atoms with E-state index in [9.17, 15) is 15.3 Å². The molecule has 0 fully saturated rings. The highest BCUT2D eigenvalue weighted by Crippen LogP contribution is 2.23. The number of rotatable bonds is 1. The Bertz CT molecular complexity index is 1170. The summed E-state index contributed by atoms with van der Waals surface area (Å²) in [6.45, 7) is 3.43. The number of hydrogen-bond donors (Lipinski definition) is 1. The van der Waals surface area contributed by atoms with E-state index in [1.807, 2.05) is 31.3 Å². The smallest absolute Gasteiger partial charge is 0.206 e. The van der Waals surface area contributed by atoms with Crippen molar-refractivity contribution in [3.63, 3.8) is 0 Å². The monoisotopic (exact) mass is 326 g/mol. The van der Waals surface area contributed by atoms with E-state index in [2.05, 4.69) is 16.0 Å². The molecule has 120 valence electrons. The number of fused-ring (bicyclic) bond motifs is 3. The third-order valence-electron chi connectivity index (χ3n) is 4.71. The Morgan fingerprint density at radius 2 is 2.08 bits per heavy atom. The van der Waals surface area contributed by atoms with Crippen molar-refractivity contribution in [2.45, 2.75) is 13.5 Å². The van der Waals surface area contributed by atoms with E-state index >= 15 is 0 Å². The molecule has 0 amide bonds. The Morgan fingerprint density at radius 1 is 1.24 bits per heavy atom. The summed E-state index contributed by atoms with van der Waals surface area (Å²) in [7, 11) is 0. The molecule has 0 saturated heterocycles. The van der Waals surface area contributed by atoms with Crippen LogP contribution >= 0.6 is 0 Å². The van der Waals surface area contributed by atoms with Crippen LogP contribution in [-0.2, 0) is 6.54 Å². The fourth-order valence-corrected chi connectivity index (χ4v) is 3.56. The summed E-state index contributed by atoms with van der Waals surface area (Å²) in [5.74, 6) is -0.231. The van der Waals surface area contributed by atoms with Gasteiger partial charge in [0.25, 0.3) is 0 Å². The number of Topliss-reactive ketones (excluding diaryl/α,β-unsaturated/α-hetero) is 1. The van der Waals surface area contributed by atoms with Gasteiger partial charge < -0.3 is 9.88 Å². The number of benzene rings is 1. The molecule has 2 aliphatic rings. The van der Waals surface area contributed by atoms with Crippen LogP contribution in [0, 0.1) is 29.6 Å². The third kappa shape index (κ3) is 2.10. The van der Waals surface area contributed by atoms with Crippen LogP contribution in [0.3, 0.4) is 0 Å². The van der Waals surface area contributed by atoms with E-state index in [-0.39, 0.29) is 11.4 Å². The standard InChI is InChI=1S/C20H14N4O/c1-12-17-11-23-5-6-24(17)19-16(8-15(10-22)20(25)18(12)19)14-4-2-3-13(7-14)9-21/h2-4,7-8,11,23H,5-6H2,1H3. The first-order chi connectivity index (χ1) is 12.2. The molecule has 5 heteroatoms. The van der Waals surface area contributed by atoms with Crippen molar-refractivity contribution in [2.24, 2.45) is 0 Å². The maximum Gasteiger partial charge on any atom is 0.206 e. The van der Waals surface area contributed by atoms with E-state index in [1.165, 1.54) is 0 Å². The number of nitrogens with one attached hydrogen (secondary N) is 1. The Balaban J connectivity index is 2.18. The first kappa shape index (κ1) is 15.0. The highest BCUT2D eigenvalue weighted by atomic mass is 16.1. The van der Waals surface area contributed by atoms with E-state index in [1.54, 1.807) is 18.2 Å². The van der Waals surface area contributed by atoms with Gasteiger partial charge >= 0.3 is 0 Å². The maximum absolute atomic E-state index is 12.8. The van der Waals surface area contributed by atoms with Crippen LogP contribution in [0.25, 0.3) is 11.8 Å². The van der Waals surface area contributed by atoms with E-state index in [4.69, 9.17) is 0 Å². The van der Waals surface area contributed by atoms with Crippen molar-refractivity contribution in [1.29, 1.82) is 10.5 Å². The van der Waals surface area contributed by atoms with Gasteiger partial charge in [-0.3, -0.25) is 4.79 Å². The lowest BCUT2D eigenvalue weighted by Crippen LogP contribution is -2.39. The zero-order valence-corrected chi connectivity index (χ0v) is 13.6. The third-order valence-corrected chi connectivity index (χ3v) is 4.71. The molecule has 0 bridgehead atoms. The summed E-state index contributed by atoms with van der Waals surface area (Å²) in [4.78, 5) is 12.8. The van der Waals surface area contributed by atoms with Gasteiger partial charge in [0.15, 0.2) is 0 Å². The Morgan fingerprint density at radius 3 is 2.84 bits per heavy atom. The molecule has 4 rings (SSSR count). The second-order valence-corrected chi connectivity index (χ2v) is 6.09. The van der Waals surface area contributed by atoms with Gasteiger partial charge in [-0.2, -0.15) is 10.5 Å². The second kappa shape index (κ2) is 5.51. The molecule has 1 aliphatic carbocycles. The molecular weight excluding hydrogens is 312 g/mol. The quantitative estimate of drug-likeness (QED) is 0.842. The lowest BCUT2D eigenvalue weighted by Gasteiger charge is -2.15. The number of carbonyl (C=O) groups excluding carboxylic acids is 1. The molecule has 5 nitrogen and oxygen atoms in total. The van der Waals surface area contributed by atoms with Gasteiger partial charge in [-0.05, 0) is 36.3 Å². The molecule has 0 unspecified atom stereocenters. The fourth-order valence-electron chi connectivity index (χ4n) is 3.56. The number of nitriles is 2. The average molecular weight is 326 g/mol. The summed E-state index contributed by atoms with van der Waals surface area (Å²) < 4.78 is 2.12. The molecule has 0 saturated carbocycles. The fraction of sp³-hybridized carbons (Fsp3) is 0.150. The number of nitrogens with zero attached hydrogens (tertiary/aromatic N) is 3. The Labute approximate surface area is 144 Å². The molecule has 0 spiro atoms. The number of carbonyl (C=O) groups is 1. The molecule has 2 heterocycles. The molecule has 2 aromatic rings. The SMILES string of the molecule is Cc1c2c(n3c1=CNCC3)=C(c1cccc(C#N)c1)C=C(C#N)C2=O. The van der Waals surface area contributed by atoms with Crippen LogP contribution in [0.1, 0.15) is 27.0 Å². The van der Waals surface area contributed by atoms with Crippen LogP contribution in [0.2, 0.25) is 0 Å². The first-order valence-corrected chi connectivity index (χ1v) is 7.99. The van der Waals surface area contributed by atoms with Crippen molar-refractivity contribution < 1.29 is 4.79 Å². The summed E-state index contributed by atoms with van der Waals surface area (Å²) in [6.07, 6.45) is 3.57. The Kier molecular flexibility index (Phi) is 3.30. The minimum absolute atomic E-state index is 0.129. The van der Waals surface area contributed by atoms with Crippen LogP contribution in [0.4, 0.5) is 0 Å². The van der Waals surface area contributed by atoms with Gasteiger partial charge in [-0.25, -0.2) is 0 Å². The molecule has 1 aliphatic heterocycles. The highest BCUT2D eigenvalue weighted by Gasteiger charge is 2.27. The minimum atomic E-state index is -0.231. The summed E-state index contributed by atoms with van der Waals surface area (Å²) in [6, 6.07) is 11.4. The van der Waals surface area contributed by atoms with Crippen LogP contribution in [0.15, 0.2) is 35.9 Å². The van der Waals surface area contributed by atoms with Crippen molar-refractivity contribution in [3.05, 3.63) is 68.9 Å².